The van der Waals surface area contributed by atoms with Crippen LogP contribution in [0.15, 0.2) is 23.0 Å². The van der Waals surface area contributed by atoms with Gasteiger partial charge < -0.3 is 14.4 Å². The van der Waals surface area contributed by atoms with Gasteiger partial charge in [-0.1, -0.05) is 13.8 Å². The molecule has 1 aliphatic rings. The van der Waals surface area contributed by atoms with Crippen LogP contribution >= 0.6 is 0 Å². The second-order valence-corrected chi connectivity index (χ2v) is 5.92. The Kier molecular flexibility index (Phi) is 5.43. The first-order chi connectivity index (χ1) is 9.19. The SMILES string of the molecule is CC(C)CN1CCN(Cc2ccoc2)C(CCO)C1. The molecule has 1 N–H and O–H groups in total. The van der Waals surface area contributed by atoms with Crippen molar-refractivity contribution in [2.75, 3.05) is 32.8 Å². The van der Waals surface area contributed by atoms with Crippen LogP contribution in [0.5, 0.6) is 0 Å². The van der Waals surface area contributed by atoms with Crippen LogP contribution in [0.4, 0.5) is 0 Å². The molecule has 0 aromatic carbocycles. The standard InChI is InChI=1S/C15H26N2O2/c1-13(2)9-16-5-6-17(15(11-16)3-7-18)10-14-4-8-19-12-14/h4,8,12-13,15,18H,3,5-7,9-11H2,1-2H3. The molecule has 1 aromatic heterocycles. The Morgan fingerprint density at radius 2 is 2.26 bits per heavy atom. The van der Waals surface area contributed by atoms with Crippen molar-refractivity contribution < 1.29 is 9.52 Å². The van der Waals surface area contributed by atoms with Gasteiger partial charge in [-0.3, -0.25) is 4.90 Å². The zero-order chi connectivity index (χ0) is 13.7. The predicted molar refractivity (Wildman–Crippen MR) is 75.9 cm³/mol. The van der Waals surface area contributed by atoms with Gasteiger partial charge in [-0.2, -0.15) is 0 Å². The van der Waals surface area contributed by atoms with Gasteiger partial charge in [0.25, 0.3) is 0 Å². The fourth-order valence-corrected chi connectivity index (χ4v) is 2.89. The van der Waals surface area contributed by atoms with Crippen LogP contribution in [-0.4, -0.2) is 53.7 Å². The summed E-state index contributed by atoms with van der Waals surface area (Å²) in [7, 11) is 0. The highest BCUT2D eigenvalue weighted by Crippen LogP contribution is 2.17. The van der Waals surface area contributed by atoms with E-state index in [-0.39, 0.29) is 6.61 Å². The molecule has 108 valence electrons. The molecule has 0 aliphatic carbocycles. The van der Waals surface area contributed by atoms with E-state index in [9.17, 15) is 5.11 Å². The number of furan rings is 1. The van der Waals surface area contributed by atoms with Crippen molar-refractivity contribution in [1.82, 2.24) is 9.80 Å². The molecule has 4 heteroatoms. The van der Waals surface area contributed by atoms with E-state index in [1.54, 1.807) is 6.26 Å². The maximum Gasteiger partial charge on any atom is 0.0947 e. The third-order valence-electron chi connectivity index (χ3n) is 3.74. The van der Waals surface area contributed by atoms with Crippen molar-refractivity contribution in [3.8, 4) is 0 Å². The van der Waals surface area contributed by atoms with Crippen LogP contribution in [-0.2, 0) is 6.54 Å². The van der Waals surface area contributed by atoms with Crippen LogP contribution in [0.3, 0.4) is 0 Å². The summed E-state index contributed by atoms with van der Waals surface area (Å²) in [5, 5.41) is 9.27. The van der Waals surface area contributed by atoms with E-state index < -0.39 is 0 Å². The molecule has 4 nitrogen and oxygen atoms in total. The number of aliphatic hydroxyl groups is 1. The van der Waals surface area contributed by atoms with Crippen LogP contribution in [0.2, 0.25) is 0 Å². The lowest BCUT2D eigenvalue weighted by atomic mass is 10.1. The summed E-state index contributed by atoms with van der Waals surface area (Å²) < 4.78 is 5.14. The topological polar surface area (TPSA) is 39.9 Å². The minimum Gasteiger partial charge on any atom is -0.472 e. The van der Waals surface area contributed by atoms with Crippen molar-refractivity contribution in [1.29, 1.82) is 0 Å². The largest absolute Gasteiger partial charge is 0.472 e. The number of rotatable bonds is 6. The Hall–Kier alpha value is -0.840. The highest BCUT2D eigenvalue weighted by Gasteiger charge is 2.26. The first kappa shape index (κ1) is 14.6. The average molecular weight is 266 g/mol. The van der Waals surface area contributed by atoms with Gasteiger partial charge in [0.2, 0.25) is 0 Å². The monoisotopic (exact) mass is 266 g/mol. The van der Waals surface area contributed by atoms with Crippen LogP contribution in [0, 0.1) is 5.92 Å². The first-order valence-electron chi connectivity index (χ1n) is 7.27. The van der Waals surface area contributed by atoms with Crippen molar-refractivity contribution >= 4 is 0 Å². The molecule has 1 unspecified atom stereocenters. The fourth-order valence-electron chi connectivity index (χ4n) is 2.89. The number of hydrogen-bond acceptors (Lipinski definition) is 4. The van der Waals surface area contributed by atoms with Crippen molar-refractivity contribution in [3.63, 3.8) is 0 Å². The van der Waals surface area contributed by atoms with Crippen LogP contribution < -0.4 is 0 Å². The quantitative estimate of drug-likeness (QED) is 0.852. The molecule has 0 bridgehead atoms. The van der Waals surface area contributed by atoms with Gasteiger partial charge >= 0.3 is 0 Å². The molecular formula is C15H26N2O2. The summed E-state index contributed by atoms with van der Waals surface area (Å²) in [6.07, 6.45) is 4.40. The van der Waals surface area contributed by atoms with Gasteiger partial charge in [-0.25, -0.2) is 0 Å². The lowest BCUT2D eigenvalue weighted by molar-refractivity contribution is 0.0482. The van der Waals surface area contributed by atoms with Gasteiger partial charge in [0, 0.05) is 50.9 Å². The average Bonchev–Trinajstić information content (AvgIpc) is 2.85. The molecule has 19 heavy (non-hydrogen) atoms. The summed E-state index contributed by atoms with van der Waals surface area (Å²) in [5.74, 6) is 0.704. The molecule has 1 aromatic rings. The lowest BCUT2D eigenvalue weighted by Crippen LogP contribution is -2.53. The molecule has 2 heterocycles. The summed E-state index contributed by atoms with van der Waals surface area (Å²) in [6.45, 7) is 10.1. The molecule has 0 saturated carbocycles. The molecule has 1 aliphatic heterocycles. The summed E-state index contributed by atoms with van der Waals surface area (Å²) >= 11 is 0. The maximum absolute atomic E-state index is 9.27. The molecule has 1 atom stereocenters. The molecule has 2 rings (SSSR count). The lowest BCUT2D eigenvalue weighted by Gasteiger charge is -2.41. The first-order valence-corrected chi connectivity index (χ1v) is 7.27. The second-order valence-electron chi connectivity index (χ2n) is 5.92. The molecule has 1 saturated heterocycles. The molecular weight excluding hydrogens is 240 g/mol. The predicted octanol–water partition coefficient (Wildman–Crippen LogP) is 1.80. The maximum atomic E-state index is 9.27. The Morgan fingerprint density at radius 3 is 2.89 bits per heavy atom. The van der Waals surface area contributed by atoms with Gasteiger partial charge in [0.15, 0.2) is 0 Å². The van der Waals surface area contributed by atoms with E-state index in [0.717, 1.165) is 39.1 Å². The van der Waals surface area contributed by atoms with Crippen molar-refractivity contribution in [2.24, 2.45) is 5.92 Å². The third-order valence-corrected chi connectivity index (χ3v) is 3.74. The number of piperazine rings is 1. The fraction of sp³-hybridized carbons (Fsp3) is 0.733. The van der Waals surface area contributed by atoms with E-state index in [0.29, 0.717) is 12.0 Å². The van der Waals surface area contributed by atoms with E-state index in [4.69, 9.17) is 4.42 Å². The minimum absolute atomic E-state index is 0.266. The van der Waals surface area contributed by atoms with Gasteiger partial charge in [0.05, 0.1) is 12.5 Å². The summed E-state index contributed by atoms with van der Waals surface area (Å²) in [5.41, 5.74) is 1.22. The molecule has 0 spiro atoms. The minimum atomic E-state index is 0.266. The third kappa shape index (κ3) is 4.34. The van der Waals surface area contributed by atoms with E-state index in [1.807, 2.05) is 12.3 Å². The Morgan fingerprint density at radius 1 is 1.42 bits per heavy atom. The Bertz CT molecular complexity index is 351. The van der Waals surface area contributed by atoms with Gasteiger partial charge in [0.1, 0.15) is 0 Å². The summed E-state index contributed by atoms with van der Waals surface area (Å²) in [6, 6.07) is 2.48. The smallest absolute Gasteiger partial charge is 0.0947 e. The van der Waals surface area contributed by atoms with Crippen LogP contribution in [0.25, 0.3) is 0 Å². The second kappa shape index (κ2) is 7.08. The molecule has 0 amide bonds. The zero-order valence-corrected chi connectivity index (χ0v) is 12.1. The normalized spacial score (nSPS) is 22.2. The molecule has 1 fully saturated rings. The molecule has 0 radical (unpaired) electrons. The highest BCUT2D eigenvalue weighted by atomic mass is 16.3. The van der Waals surface area contributed by atoms with Gasteiger partial charge in [-0.05, 0) is 18.4 Å². The highest BCUT2D eigenvalue weighted by molar-refractivity contribution is 5.05. The van der Waals surface area contributed by atoms with E-state index >= 15 is 0 Å². The zero-order valence-electron chi connectivity index (χ0n) is 12.1. The Balaban J connectivity index is 1.92. The van der Waals surface area contributed by atoms with Crippen molar-refractivity contribution in [3.05, 3.63) is 24.2 Å². The van der Waals surface area contributed by atoms with Crippen molar-refractivity contribution in [2.45, 2.75) is 32.9 Å². The number of aliphatic hydroxyl groups excluding tert-OH is 1. The van der Waals surface area contributed by atoms with E-state index in [1.165, 1.54) is 5.56 Å². The number of hydrogen-bond donors (Lipinski definition) is 1. The summed E-state index contributed by atoms with van der Waals surface area (Å²) in [4.78, 5) is 4.99. The van der Waals surface area contributed by atoms with Crippen LogP contribution in [0.1, 0.15) is 25.8 Å². The Labute approximate surface area is 116 Å². The number of nitrogens with zero attached hydrogens (tertiary/aromatic N) is 2. The van der Waals surface area contributed by atoms with E-state index in [2.05, 4.69) is 23.6 Å². The van der Waals surface area contributed by atoms with Gasteiger partial charge in [-0.15, -0.1) is 0 Å².